The van der Waals surface area contributed by atoms with Crippen molar-refractivity contribution < 1.29 is 9.18 Å². The van der Waals surface area contributed by atoms with Crippen LogP contribution in [0.25, 0.3) is 11.3 Å². The second-order valence-corrected chi connectivity index (χ2v) is 6.98. The predicted molar refractivity (Wildman–Crippen MR) is 93.7 cm³/mol. The number of thiazole rings is 1. The first kappa shape index (κ1) is 15.8. The maximum Gasteiger partial charge on any atom is 0.266 e. The van der Waals surface area contributed by atoms with E-state index in [4.69, 9.17) is 5.73 Å². The summed E-state index contributed by atoms with van der Waals surface area (Å²) < 4.78 is 14.1. The van der Waals surface area contributed by atoms with Gasteiger partial charge in [-0.2, -0.15) is 5.10 Å². The van der Waals surface area contributed by atoms with Crippen molar-refractivity contribution in [1.82, 2.24) is 20.1 Å². The van der Waals surface area contributed by atoms with E-state index in [0.29, 0.717) is 46.5 Å². The molecule has 1 aromatic carbocycles. The van der Waals surface area contributed by atoms with E-state index in [1.165, 1.54) is 17.4 Å². The van der Waals surface area contributed by atoms with Crippen molar-refractivity contribution in [2.75, 3.05) is 12.3 Å². The summed E-state index contributed by atoms with van der Waals surface area (Å²) in [4.78, 5) is 19.2. The average Bonchev–Trinajstić information content (AvgIpc) is 3.17. The largest absolute Gasteiger partial charge is 0.375 e. The highest BCUT2D eigenvalue weighted by Crippen LogP contribution is 2.31. The monoisotopic (exact) mass is 357 g/mol. The second-order valence-electron chi connectivity index (χ2n) is 5.95. The molecule has 0 unspecified atom stereocenters. The van der Waals surface area contributed by atoms with E-state index < -0.39 is 0 Å². The summed E-state index contributed by atoms with van der Waals surface area (Å²) in [6.45, 7) is 2.73. The molecule has 25 heavy (non-hydrogen) atoms. The minimum absolute atomic E-state index is 0.0990. The van der Waals surface area contributed by atoms with Crippen molar-refractivity contribution in [3.05, 3.63) is 51.9 Å². The number of benzene rings is 1. The number of carbonyl (C=O) groups excluding carboxylic acids is 1. The Balaban J connectivity index is 1.67. The van der Waals surface area contributed by atoms with E-state index in [1.807, 2.05) is 0 Å². The van der Waals surface area contributed by atoms with Gasteiger partial charge in [0.05, 0.1) is 12.2 Å². The van der Waals surface area contributed by atoms with Gasteiger partial charge in [-0.05, 0) is 19.1 Å². The number of carbonyl (C=O) groups is 1. The van der Waals surface area contributed by atoms with Crippen LogP contribution in [0.4, 0.5) is 9.52 Å². The van der Waals surface area contributed by atoms with Gasteiger partial charge in [0.2, 0.25) is 0 Å². The summed E-state index contributed by atoms with van der Waals surface area (Å²) in [7, 11) is 0. The summed E-state index contributed by atoms with van der Waals surface area (Å²) in [5.41, 5.74) is 9.15. The van der Waals surface area contributed by atoms with Gasteiger partial charge in [-0.3, -0.25) is 9.89 Å². The van der Waals surface area contributed by atoms with Crippen LogP contribution in [0, 0.1) is 12.7 Å². The maximum absolute atomic E-state index is 14.1. The fourth-order valence-corrected chi connectivity index (χ4v) is 3.91. The Morgan fingerprint density at radius 3 is 2.92 bits per heavy atom. The lowest BCUT2D eigenvalue weighted by atomic mass is 10.0. The normalized spacial score (nSPS) is 13.8. The number of halogens is 1. The van der Waals surface area contributed by atoms with Crippen LogP contribution in [0.5, 0.6) is 0 Å². The molecule has 2 aromatic heterocycles. The second kappa shape index (κ2) is 5.96. The highest BCUT2D eigenvalue weighted by atomic mass is 32.1. The molecule has 1 aliphatic heterocycles. The van der Waals surface area contributed by atoms with Crippen LogP contribution in [0.15, 0.2) is 24.3 Å². The maximum atomic E-state index is 14.1. The van der Waals surface area contributed by atoms with Gasteiger partial charge in [0.25, 0.3) is 5.91 Å². The van der Waals surface area contributed by atoms with Gasteiger partial charge in [-0.15, -0.1) is 0 Å². The summed E-state index contributed by atoms with van der Waals surface area (Å²) in [6.07, 6.45) is 0.649. The van der Waals surface area contributed by atoms with Crippen LogP contribution < -0.4 is 5.73 Å². The third kappa shape index (κ3) is 2.68. The molecule has 0 saturated carbocycles. The Morgan fingerprint density at radius 1 is 1.40 bits per heavy atom. The van der Waals surface area contributed by atoms with E-state index in [9.17, 15) is 9.18 Å². The lowest BCUT2D eigenvalue weighted by molar-refractivity contribution is 0.0738. The Hall–Kier alpha value is -2.74. The molecule has 0 spiro atoms. The molecule has 0 radical (unpaired) electrons. The van der Waals surface area contributed by atoms with Crippen molar-refractivity contribution in [3.63, 3.8) is 0 Å². The average molecular weight is 357 g/mol. The van der Waals surface area contributed by atoms with Crippen LogP contribution in [0.1, 0.15) is 26.6 Å². The Bertz CT molecular complexity index is 964. The van der Waals surface area contributed by atoms with Gasteiger partial charge in [0.15, 0.2) is 5.13 Å². The lowest BCUT2D eigenvalue weighted by Crippen LogP contribution is -2.35. The number of fused-ring (bicyclic) bond motifs is 1. The molecular formula is C17H16FN5OS. The molecule has 0 bridgehead atoms. The quantitative estimate of drug-likeness (QED) is 0.738. The van der Waals surface area contributed by atoms with Crippen molar-refractivity contribution in [2.45, 2.75) is 19.9 Å². The summed E-state index contributed by atoms with van der Waals surface area (Å²) in [5.74, 6) is -0.427. The first-order chi connectivity index (χ1) is 12.0. The molecule has 3 aromatic rings. The van der Waals surface area contributed by atoms with Crippen LogP contribution in [0.3, 0.4) is 0 Å². The zero-order valence-corrected chi connectivity index (χ0v) is 14.4. The fourth-order valence-electron chi connectivity index (χ4n) is 3.10. The fraction of sp³-hybridized carbons (Fsp3) is 0.235. The molecule has 0 fully saturated rings. The highest BCUT2D eigenvalue weighted by molar-refractivity contribution is 7.17. The highest BCUT2D eigenvalue weighted by Gasteiger charge is 2.28. The molecule has 128 valence electrons. The van der Waals surface area contributed by atoms with Crippen LogP contribution in [0.2, 0.25) is 0 Å². The smallest absolute Gasteiger partial charge is 0.266 e. The summed E-state index contributed by atoms with van der Waals surface area (Å²) >= 11 is 1.19. The van der Waals surface area contributed by atoms with Gasteiger partial charge in [0, 0.05) is 29.8 Å². The van der Waals surface area contributed by atoms with E-state index >= 15 is 0 Å². The molecular weight excluding hydrogens is 341 g/mol. The zero-order chi connectivity index (χ0) is 17.6. The van der Waals surface area contributed by atoms with E-state index in [1.54, 1.807) is 30.0 Å². The van der Waals surface area contributed by atoms with Crippen molar-refractivity contribution >= 4 is 22.4 Å². The van der Waals surface area contributed by atoms with Gasteiger partial charge >= 0.3 is 0 Å². The lowest BCUT2D eigenvalue weighted by Gasteiger charge is -2.27. The van der Waals surface area contributed by atoms with E-state index in [-0.39, 0.29) is 11.7 Å². The number of amides is 1. The number of rotatable bonds is 2. The molecule has 0 aliphatic carbocycles. The Labute approximate surface area is 147 Å². The van der Waals surface area contributed by atoms with E-state index in [2.05, 4.69) is 15.2 Å². The number of anilines is 1. The third-order valence-electron chi connectivity index (χ3n) is 4.36. The Kier molecular flexibility index (Phi) is 3.76. The zero-order valence-electron chi connectivity index (χ0n) is 13.5. The van der Waals surface area contributed by atoms with Gasteiger partial charge < -0.3 is 10.6 Å². The number of H-pyrrole nitrogens is 1. The molecule has 1 aliphatic rings. The molecule has 3 heterocycles. The van der Waals surface area contributed by atoms with Gasteiger partial charge in [0.1, 0.15) is 16.4 Å². The minimum Gasteiger partial charge on any atom is -0.375 e. The molecule has 4 rings (SSSR count). The predicted octanol–water partition coefficient (Wildman–Crippen LogP) is 2.76. The van der Waals surface area contributed by atoms with Crippen LogP contribution in [-0.2, 0) is 13.0 Å². The molecule has 0 saturated heterocycles. The van der Waals surface area contributed by atoms with Crippen molar-refractivity contribution in [2.24, 2.45) is 0 Å². The third-order valence-corrected chi connectivity index (χ3v) is 5.33. The molecule has 1 amide bonds. The van der Waals surface area contributed by atoms with Crippen LogP contribution >= 0.6 is 11.3 Å². The number of nitrogens with zero attached hydrogens (tertiary/aromatic N) is 3. The number of nitrogens with one attached hydrogen (secondary N) is 1. The number of nitrogen functional groups attached to an aromatic ring is 1. The van der Waals surface area contributed by atoms with Gasteiger partial charge in [-0.25, -0.2) is 9.37 Å². The number of nitrogens with two attached hydrogens (primary N) is 1. The van der Waals surface area contributed by atoms with Crippen molar-refractivity contribution in [3.8, 4) is 11.3 Å². The number of hydrogen-bond donors (Lipinski definition) is 2. The molecule has 6 nitrogen and oxygen atoms in total. The standard InChI is InChI=1S/C17H16FN5OS/c1-9-15(25-17(19)20-9)16(24)23-7-6-13-11(8-23)14(22-21-13)10-4-2-3-5-12(10)18/h2-5H,6-8H2,1H3,(H2,19,20)(H,21,22). The Morgan fingerprint density at radius 2 is 2.20 bits per heavy atom. The minimum atomic E-state index is -0.327. The van der Waals surface area contributed by atoms with Crippen LogP contribution in [-0.4, -0.2) is 32.5 Å². The van der Waals surface area contributed by atoms with Gasteiger partial charge in [-0.1, -0.05) is 23.5 Å². The molecule has 8 heteroatoms. The number of hydrogen-bond acceptors (Lipinski definition) is 5. The SMILES string of the molecule is Cc1nc(N)sc1C(=O)N1CCc2[nH]nc(-c3ccccc3F)c2C1. The topological polar surface area (TPSA) is 87.9 Å². The summed E-state index contributed by atoms with van der Waals surface area (Å²) in [6, 6.07) is 6.52. The number of aromatic nitrogens is 3. The number of aromatic amines is 1. The molecule has 3 N–H and O–H groups in total. The first-order valence-corrected chi connectivity index (χ1v) is 8.69. The van der Waals surface area contributed by atoms with Crippen molar-refractivity contribution in [1.29, 1.82) is 0 Å². The summed E-state index contributed by atoms with van der Waals surface area (Å²) in [5, 5.41) is 7.65. The number of aryl methyl sites for hydroxylation is 1. The van der Waals surface area contributed by atoms with E-state index in [0.717, 1.165) is 11.3 Å². The molecule has 0 atom stereocenters. The first-order valence-electron chi connectivity index (χ1n) is 7.87.